The highest BCUT2D eigenvalue weighted by Gasteiger charge is 2.24. The lowest BCUT2D eigenvalue weighted by molar-refractivity contribution is 0.629. The second kappa shape index (κ2) is 6.48. The zero-order valence-corrected chi connectivity index (χ0v) is 13.2. The zero-order chi connectivity index (χ0) is 14.7. The van der Waals surface area contributed by atoms with E-state index in [9.17, 15) is 0 Å². The van der Waals surface area contributed by atoms with Crippen LogP contribution in [0.3, 0.4) is 0 Å². The van der Waals surface area contributed by atoms with Crippen LogP contribution in [0.25, 0.3) is 5.65 Å². The molecule has 0 bridgehead atoms. The van der Waals surface area contributed by atoms with Crippen LogP contribution in [-0.2, 0) is 6.54 Å². The molecule has 0 saturated heterocycles. The Balaban J connectivity index is 1.93. The van der Waals surface area contributed by atoms with Gasteiger partial charge in [0.25, 0.3) is 0 Å². The van der Waals surface area contributed by atoms with Gasteiger partial charge in [0, 0.05) is 25.8 Å². The molecule has 1 fully saturated rings. The minimum atomic E-state index is 0.653. The second-order valence-corrected chi connectivity index (χ2v) is 6.04. The molecule has 1 N–H and O–H groups in total. The molecule has 2 aromatic heterocycles. The van der Waals surface area contributed by atoms with Crippen molar-refractivity contribution in [3.05, 3.63) is 30.1 Å². The summed E-state index contributed by atoms with van der Waals surface area (Å²) in [5.74, 6) is 1.15. The van der Waals surface area contributed by atoms with Crippen LogP contribution in [0.1, 0.15) is 44.7 Å². The first-order valence-electron chi connectivity index (χ1n) is 8.20. The van der Waals surface area contributed by atoms with Gasteiger partial charge in [0.15, 0.2) is 5.82 Å². The fraction of sp³-hybridized carbons (Fsp3) is 0.588. The molecular weight excluding hydrogens is 260 g/mol. The van der Waals surface area contributed by atoms with E-state index in [1.807, 2.05) is 0 Å². The molecule has 0 radical (unpaired) electrons. The second-order valence-electron chi connectivity index (χ2n) is 6.04. The van der Waals surface area contributed by atoms with E-state index >= 15 is 0 Å². The van der Waals surface area contributed by atoms with Gasteiger partial charge >= 0.3 is 0 Å². The smallest absolute Gasteiger partial charge is 0.152 e. The van der Waals surface area contributed by atoms with E-state index in [2.05, 4.69) is 53.0 Å². The number of pyridine rings is 1. The summed E-state index contributed by atoms with van der Waals surface area (Å²) in [4.78, 5) is 7.29. The Bertz CT molecular complexity index is 583. The van der Waals surface area contributed by atoms with Crippen molar-refractivity contribution < 1.29 is 0 Å². The summed E-state index contributed by atoms with van der Waals surface area (Å²) in [7, 11) is 2.21. The molecule has 1 saturated carbocycles. The van der Waals surface area contributed by atoms with E-state index in [0.717, 1.165) is 31.0 Å². The molecular formula is C17H26N4. The SMILES string of the molecule is CCCNCc1c(N(C)C2CCCC2)nc2ccccn12. The third-order valence-electron chi connectivity index (χ3n) is 4.53. The average molecular weight is 286 g/mol. The molecule has 1 aliphatic rings. The molecule has 1 aliphatic carbocycles. The molecule has 0 atom stereocenters. The molecule has 114 valence electrons. The molecule has 0 spiro atoms. The number of aromatic nitrogens is 2. The molecule has 0 aromatic carbocycles. The first kappa shape index (κ1) is 14.4. The van der Waals surface area contributed by atoms with Gasteiger partial charge in [0.05, 0.1) is 5.69 Å². The van der Waals surface area contributed by atoms with E-state index in [4.69, 9.17) is 4.98 Å². The number of nitrogens with zero attached hydrogens (tertiary/aromatic N) is 3. The standard InChI is InChI=1S/C17H26N4/c1-3-11-18-13-15-17(20(2)14-8-4-5-9-14)19-16-10-6-7-12-21(15)16/h6-7,10,12,14,18H,3-5,8-9,11,13H2,1-2H3. The molecule has 21 heavy (non-hydrogen) atoms. The summed E-state index contributed by atoms with van der Waals surface area (Å²) in [6.07, 6.45) is 8.58. The zero-order valence-electron chi connectivity index (χ0n) is 13.2. The Morgan fingerprint density at radius 1 is 1.33 bits per heavy atom. The molecule has 2 aromatic rings. The Labute approximate surface area is 127 Å². The van der Waals surface area contributed by atoms with Gasteiger partial charge in [-0.15, -0.1) is 0 Å². The normalized spacial score (nSPS) is 15.9. The topological polar surface area (TPSA) is 32.6 Å². The highest BCUT2D eigenvalue weighted by atomic mass is 15.2. The maximum Gasteiger partial charge on any atom is 0.152 e. The molecule has 0 aliphatic heterocycles. The van der Waals surface area contributed by atoms with Crippen LogP contribution < -0.4 is 10.2 Å². The van der Waals surface area contributed by atoms with Crippen LogP contribution in [-0.4, -0.2) is 29.0 Å². The number of rotatable bonds is 6. The summed E-state index contributed by atoms with van der Waals surface area (Å²) < 4.78 is 2.23. The van der Waals surface area contributed by atoms with Crippen molar-refractivity contribution in [2.24, 2.45) is 0 Å². The van der Waals surface area contributed by atoms with Crippen LogP contribution in [0.15, 0.2) is 24.4 Å². The van der Waals surface area contributed by atoms with Gasteiger partial charge in [-0.2, -0.15) is 0 Å². The van der Waals surface area contributed by atoms with Crippen molar-refractivity contribution in [1.82, 2.24) is 14.7 Å². The fourth-order valence-electron chi connectivity index (χ4n) is 3.33. The lowest BCUT2D eigenvalue weighted by Crippen LogP contribution is -2.30. The van der Waals surface area contributed by atoms with Gasteiger partial charge < -0.3 is 14.6 Å². The molecule has 4 heteroatoms. The molecule has 0 unspecified atom stereocenters. The lowest BCUT2D eigenvalue weighted by Gasteiger charge is -2.25. The van der Waals surface area contributed by atoms with E-state index in [0.29, 0.717) is 6.04 Å². The molecule has 2 heterocycles. The van der Waals surface area contributed by atoms with Crippen LogP contribution in [0.4, 0.5) is 5.82 Å². The summed E-state index contributed by atoms with van der Waals surface area (Å²) in [5.41, 5.74) is 2.33. The largest absolute Gasteiger partial charge is 0.355 e. The van der Waals surface area contributed by atoms with Crippen molar-refractivity contribution in [3.8, 4) is 0 Å². The van der Waals surface area contributed by atoms with Gasteiger partial charge in [-0.1, -0.05) is 25.8 Å². The van der Waals surface area contributed by atoms with Crippen molar-refractivity contribution >= 4 is 11.5 Å². The number of hydrogen-bond donors (Lipinski definition) is 1. The maximum absolute atomic E-state index is 4.88. The van der Waals surface area contributed by atoms with E-state index < -0.39 is 0 Å². The van der Waals surface area contributed by atoms with Gasteiger partial charge in [0.2, 0.25) is 0 Å². The predicted molar refractivity (Wildman–Crippen MR) is 87.8 cm³/mol. The quantitative estimate of drug-likeness (QED) is 0.828. The van der Waals surface area contributed by atoms with E-state index in [1.54, 1.807) is 0 Å². The van der Waals surface area contributed by atoms with Gasteiger partial charge in [0.1, 0.15) is 5.65 Å². The van der Waals surface area contributed by atoms with Crippen molar-refractivity contribution in [3.63, 3.8) is 0 Å². The minimum absolute atomic E-state index is 0.653. The van der Waals surface area contributed by atoms with Gasteiger partial charge in [-0.3, -0.25) is 0 Å². The number of hydrogen-bond acceptors (Lipinski definition) is 3. The van der Waals surface area contributed by atoms with E-state index in [-0.39, 0.29) is 0 Å². The van der Waals surface area contributed by atoms with Crippen LogP contribution >= 0.6 is 0 Å². The first-order chi connectivity index (χ1) is 10.3. The molecule has 4 nitrogen and oxygen atoms in total. The highest BCUT2D eigenvalue weighted by Crippen LogP contribution is 2.29. The molecule has 0 amide bonds. The Morgan fingerprint density at radius 3 is 2.90 bits per heavy atom. The van der Waals surface area contributed by atoms with Crippen molar-refractivity contribution in [1.29, 1.82) is 0 Å². The monoisotopic (exact) mass is 286 g/mol. The van der Waals surface area contributed by atoms with Crippen molar-refractivity contribution in [2.45, 2.75) is 51.6 Å². The lowest BCUT2D eigenvalue weighted by atomic mass is 10.2. The van der Waals surface area contributed by atoms with Crippen molar-refractivity contribution in [2.75, 3.05) is 18.5 Å². The number of anilines is 1. The predicted octanol–water partition coefficient (Wildman–Crippen LogP) is 3.21. The molecule has 3 rings (SSSR count). The van der Waals surface area contributed by atoms with Crippen LogP contribution in [0, 0.1) is 0 Å². The summed E-state index contributed by atoms with van der Waals surface area (Å²) in [6, 6.07) is 6.89. The third-order valence-corrected chi connectivity index (χ3v) is 4.53. The summed E-state index contributed by atoms with van der Waals surface area (Å²) >= 11 is 0. The Morgan fingerprint density at radius 2 is 2.14 bits per heavy atom. The first-order valence-corrected chi connectivity index (χ1v) is 8.20. The fourth-order valence-corrected chi connectivity index (χ4v) is 3.33. The van der Waals surface area contributed by atoms with Gasteiger partial charge in [-0.25, -0.2) is 4.98 Å². The number of fused-ring (bicyclic) bond motifs is 1. The third kappa shape index (κ3) is 2.91. The summed E-state index contributed by atoms with van der Waals surface area (Å²) in [5, 5.41) is 3.53. The van der Waals surface area contributed by atoms with Crippen LogP contribution in [0.2, 0.25) is 0 Å². The van der Waals surface area contributed by atoms with E-state index in [1.165, 1.54) is 31.4 Å². The minimum Gasteiger partial charge on any atom is -0.355 e. The van der Waals surface area contributed by atoms with Crippen LogP contribution in [0.5, 0.6) is 0 Å². The Hall–Kier alpha value is -1.55. The average Bonchev–Trinajstić information content (AvgIpc) is 3.15. The summed E-state index contributed by atoms with van der Waals surface area (Å²) in [6.45, 7) is 4.13. The maximum atomic E-state index is 4.88. The van der Waals surface area contributed by atoms with Gasteiger partial charge in [-0.05, 0) is 37.9 Å². The highest BCUT2D eigenvalue weighted by molar-refractivity contribution is 5.56. The Kier molecular flexibility index (Phi) is 4.44. The number of nitrogens with one attached hydrogen (secondary N) is 1. The number of imidazole rings is 1.